The van der Waals surface area contributed by atoms with Gasteiger partial charge in [0.2, 0.25) is 0 Å². The summed E-state index contributed by atoms with van der Waals surface area (Å²) >= 11 is 0. The molecule has 0 saturated carbocycles. The maximum absolute atomic E-state index is 12.4. The van der Waals surface area contributed by atoms with Gasteiger partial charge in [-0.1, -0.05) is 0 Å². The van der Waals surface area contributed by atoms with E-state index in [0.717, 1.165) is 33.4 Å². The zero-order valence-corrected chi connectivity index (χ0v) is 62.7. The fraction of sp³-hybridized carbons (Fsp3) is 0.316. The Morgan fingerprint density at radius 3 is 1.60 bits per heavy atom. The Labute approximate surface area is 596 Å². The van der Waals surface area contributed by atoms with Gasteiger partial charge in [0.15, 0.2) is 17.7 Å². The van der Waals surface area contributed by atoms with Crippen molar-refractivity contribution in [3.8, 4) is 12.1 Å². The summed E-state index contributed by atoms with van der Waals surface area (Å²) < 4.78 is 6.66. The van der Waals surface area contributed by atoms with Crippen LogP contribution in [-0.2, 0) is 348 Å². The van der Waals surface area contributed by atoms with Gasteiger partial charge in [0, 0.05) is 345 Å². The Morgan fingerprint density at radius 2 is 1.24 bits per heavy atom. The summed E-state index contributed by atoms with van der Waals surface area (Å²) in [5, 5.41) is 33.7. The van der Waals surface area contributed by atoms with Crippen molar-refractivity contribution in [3.63, 3.8) is 0 Å². The van der Waals surface area contributed by atoms with Crippen LogP contribution >= 0.6 is 0 Å². The summed E-state index contributed by atoms with van der Waals surface area (Å²) in [6.45, 7) is 15.1. The molecule has 10 radical (unpaired) electrons. The van der Waals surface area contributed by atoms with E-state index in [1.165, 1.54) is 6.92 Å². The predicted molar refractivity (Wildman–Crippen MR) is 179 cm³/mol. The Bertz CT molecular complexity index is 1900. The number of nitrogens with one attached hydrogen (secondary N) is 2. The van der Waals surface area contributed by atoms with E-state index in [1.807, 2.05) is 34.6 Å². The third-order valence-electron chi connectivity index (χ3n) is 7.69. The summed E-state index contributed by atoms with van der Waals surface area (Å²) in [6, 6.07) is 20.3. The van der Waals surface area contributed by atoms with E-state index < -0.39 is 17.1 Å². The number of carbonyl (C=O) groups excluding carboxylic acids is 2. The molecule has 1 fully saturated rings. The molecule has 0 unspecified atom stereocenters. The topological polar surface area (TPSA) is 155 Å². The first-order chi connectivity index (χ1) is 22.6. The number of aliphatic hydroxyl groups is 1. The molecule has 0 aliphatic carbocycles. The van der Waals surface area contributed by atoms with Crippen molar-refractivity contribution in [3.05, 3.63) is 118 Å². The molecule has 10 nitrogen and oxygen atoms in total. The van der Waals surface area contributed by atoms with Crippen LogP contribution in [0.2, 0.25) is 0 Å². The van der Waals surface area contributed by atoms with Crippen LogP contribution < -0.4 is 15.2 Å². The molecular weight excluding hydrogens is 1490 g/mol. The van der Waals surface area contributed by atoms with E-state index in [1.54, 1.807) is 67.2 Å². The van der Waals surface area contributed by atoms with E-state index >= 15 is 0 Å². The van der Waals surface area contributed by atoms with Gasteiger partial charge < -0.3 is 53.3 Å². The molecule has 1 aliphatic heterocycles. The number of aromatic nitrogens is 2. The van der Waals surface area contributed by atoms with Gasteiger partial charge in [-0.3, -0.25) is 15.2 Å². The van der Waals surface area contributed by atoms with Crippen molar-refractivity contribution in [2.75, 3.05) is 17.2 Å². The monoisotopic (exact) mass is 1530 g/mol. The number of epoxide rings is 1. The third kappa shape index (κ3) is 28.2. The van der Waals surface area contributed by atoms with Crippen LogP contribution in [-0.4, -0.2) is 39.7 Å². The number of ether oxygens (including phenoxy) is 1. The van der Waals surface area contributed by atoms with Gasteiger partial charge in [-0.2, -0.15) is 22.9 Å². The fourth-order valence-corrected chi connectivity index (χ4v) is 4.06. The number of aryl methyl sites for hydroxylation is 6. The maximum atomic E-state index is 12.4. The molecule has 58 heavy (non-hydrogen) atoms. The number of hydrogen-bond acceptors (Lipinski definition) is 7. The van der Waals surface area contributed by atoms with Crippen LogP contribution in [0.25, 0.3) is 0 Å². The SMILES string of the molecule is Cc1[c-]c[n+](C[C@](C)(O)C(=O)Nc2ccc(C#N)c(C)c2)[c-]c1C.Cc1[c-]cn[c-]c1C.Cc1cc(NC(=O)[C@]2(C)CO2)ccc1C#N.[Y].[Y].[Y].[Y].[Y].[Y].[Y].[Y].[Y].[Y]. The van der Waals surface area contributed by atoms with E-state index in [9.17, 15) is 14.7 Å². The number of hydrogen-bond donors (Lipinski definition) is 3. The number of anilines is 2. The van der Waals surface area contributed by atoms with Gasteiger partial charge in [-0.15, -0.1) is 27.7 Å². The number of amides is 2. The van der Waals surface area contributed by atoms with E-state index in [0.29, 0.717) is 29.1 Å². The molecule has 2 amide bonds. The quantitative estimate of drug-likeness (QED) is 0.145. The minimum Gasteiger partial charge on any atom is -0.434 e. The number of nitriles is 2. The Kier molecular flexibility index (Phi) is 56.3. The third-order valence-corrected chi connectivity index (χ3v) is 7.69. The molecule has 1 saturated heterocycles. The number of pyridine rings is 2. The molecule has 278 valence electrons. The van der Waals surface area contributed by atoms with Gasteiger partial charge >= 0.3 is 0 Å². The van der Waals surface area contributed by atoms with Crippen molar-refractivity contribution in [2.45, 2.75) is 73.1 Å². The molecule has 2 aromatic carbocycles. The maximum Gasteiger partial charge on any atom is 0.262 e. The first-order valence-corrected chi connectivity index (χ1v) is 15.1. The normalized spacial score (nSPS) is 12.8. The number of rotatable bonds is 6. The largest absolute Gasteiger partial charge is 0.434 e. The molecule has 3 heterocycles. The standard InChI is InChI=1S/C19H20N3O2.C12H12N2O2.C7H7N.10Y/c1-13-7-8-22(11-15(13)3)12-19(4,24)18(23)21-17-6-5-16(10-20)14(2)9-17;1-8-5-10(4-3-9(8)6-13)14-11(15)12(2)7-16-12;1-6-3-4-8-5-7(6)2;;;;;;;;;;/h5-6,8-9,24H,12H2,1-4H3,(H,21,23);3-5H,7H2,1-2H3,(H,14,15);4H,1-2H3;;;;;;;;;;/q-1;;-2;;;;;;;;;;/t19-;12-;;;;;;;;;;;/m00.........../s1. The number of nitrogens with zero attached hydrogens (tertiary/aromatic N) is 4. The Hall–Kier alpha value is 5.62. The molecule has 5 rings (SSSR count). The van der Waals surface area contributed by atoms with Gasteiger partial charge in [-0.25, -0.2) is 5.56 Å². The first-order valence-electron chi connectivity index (χ1n) is 15.1. The Morgan fingerprint density at radius 1 is 0.793 bits per heavy atom. The molecule has 1 aliphatic rings. The molecule has 0 bridgehead atoms. The van der Waals surface area contributed by atoms with Crippen LogP contribution in [0.3, 0.4) is 0 Å². The van der Waals surface area contributed by atoms with Crippen molar-refractivity contribution in [1.82, 2.24) is 4.98 Å². The first kappa shape index (κ1) is 80.6. The van der Waals surface area contributed by atoms with Gasteiger partial charge in [0.25, 0.3) is 11.8 Å². The smallest absolute Gasteiger partial charge is 0.262 e. The van der Waals surface area contributed by atoms with Crippen molar-refractivity contribution >= 4 is 23.2 Å². The van der Waals surface area contributed by atoms with E-state index in [-0.39, 0.29) is 340 Å². The van der Waals surface area contributed by atoms with Crippen LogP contribution in [0.15, 0.2) is 48.8 Å². The van der Waals surface area contributed by atoms with Crippen LogP contribution in [0.5, 0.6) is 0 Å². The molecule has 2 aromatic heterocycles. The second-order valence-corrected chi connectivity index (χ2v) is 12.0. The second kappa shape index (κ2) is 40.5. The molecule has 4 aromatic rings. The molecular formula is C38H39N6O4Y10-3. The van der Waals surface area contributed by atoms with Crippen molar-refractivity contribution < 1.29 is 351 Å². The van der Waals surface area contributed by atoms with E-state index in [2.05, 4.69) is 52.3 Å². The zero-order chi connectivity index (χ0) is 35.6. The van der Waals surface area contributed by atoms with Crippen molar-refractivity contribution in [2.24, 2.45) is 0 Å². The van der Waals surface area contributed by atoms with Gasteiger partial charge in [0.1, 0.15) is 0 Å². The van der Waals surface area contributed by atoms with Crippen molar-refractivity contribution in [1.29, 1.82) is 10.5 Å². The summed E-state index contributed by atoms with van der Waals surface area (Å²) in [7, 11) is 0. The van der Waals surface area contributed by atoms with Crippen LogP contribution in [0.1, 0.15) is 58.4 Å². The summed E-state index contributed by atoms with van der Waals surface area (Å²) in [4.78, 5) is 27.8. The minimum absolute atomic E-state index is 0. The van der Waals surface area contributed by atoms with Crippen LogP contribution in [0, 0.1) is 88.7 Å². The summed E-state index contributed by atoms with van der Waals surface area (Å²) in [5.41, 5.74) is 5.83. The molecule has 3 N–H and O–H groups in total. The van der Waals surface area contributed by atoms with E-state index in [4.69, 9.17) is 15.3 Å². The van der Waals surface area contributed by atoms with Gasteiger partial charge in [0.05, 0.1) is 29.9 Å². The Balaban J connectivity index is -0.000000108. The number of carbonyl (C=O) groups is 2. The summed E-state index contributed by atoms with van der Waals surface area (Å²) in [5.74, 6) is -0.664. The zero-order valence-electron chi connectivity index (χ0n) is 34.3. The molecule has 0 spiro atoms. The fourth-order valence-electron chi connectivity index (χ4n) is 4.06. The average Bonchev–Trinajstić information content (AvgIpc) is 3.80. The van der Waals surface area contributed by atoms with Gasteiger partial charge in [-0.05, 0) is 81.4 Å². The average molecular weight is 1530 g/mol. The van der Waals surface area contributed by atoms with Crippen LogP contribution in [0.4, 0.5) is 11.4 Å². The summed E-state index contributed by atoms with van der Waals surface area (Å²) in [6.07, 6.45) is 9.19. The predicted octanol–water partition coefficient (Wildman–Crippen LogP) is 4.63. The minimum atomic E-state index is -1.61. The second-order valence-electron chi connectivity index (χ2n) is 12.0. The molecule has 2 atom stereocenters. The molecule has 20 heteroatoms. The number of benzene rings is 2.